The number of carbonyl (C=O) groups excluding carboxylic acids is 1. The number of esters is 1. The molecule has 3 aromatic carbocycles. The lowest BCUT2D eigenvalue weighted by molar-refractivity contribution is -0.129. The van der Waals surface area contributed by atoms with Crippen LogP contribution in [0.1, 0.15) is 16.7 Å². The zero-order chi connectivity index (χ0) is 22.7. The fourth-order valence-electron chi connectivity index (χ4n) is 3.06. The van der Waals surface area contributed by atoms with Crippen LogP contribution in [0.4, 0.5) is 0 Å². The van der Waals surface area contributed by atoms with Crippen LogP contribution < -0.4 is 9.47 Å². The van der Waals surface area contributed by atoms with E-state index in [-0.39, 0.29) is 18.2 Å². The maximum absolute atomic E-state index is 12.3. The molecule has 32 heavy (non-hydrogen) atoms. The number of cyclic esters (lactones) is 1. The second-order valence-corrected chi connectivity index (χ2v) is 8.56. The Morgan fingerprint density at radius 1 is 1.09 bits per heavy atom. The fraction of sp³-hybridized carbons (Fsp3) is 0.0833. The Bertz CT molecular complexity index is 1260. The molecule has 162 valence electrons. The summed E-state index contributed by atoms with van der Waals surface area (Å²) in [5.41, 5.74) is 2.36. The molecule has 0 unspecified atom stereocenters. The summed E-state index contributed by atoms with van der Waals surface area (Å²) in [5, 5.41) is 0.957. The average Bonchev–Trinajstić information content (AvgIpc) is 3.13. The van der Waals surface area contributed by atoms with Crippen molar-refractivity contribution >= 4 is 57.1 Å². The fourth-order valence-corrected chi connectivity index (χ4v) is 3.94. The summed E-state index contributed by atoms with van der Waals surface area (Å²) in [4.78, 5) is 16.6. The molecule has 3 aromatic rings. The van der Waals surface area contributed by atoms with Crippen molar-refractivity contribution in [3.8, 4) is 11.5 Å². The van der Waals surface area contributed by atoms with Crippen LogP contribution in [0.25, 0.3) is 6.08 Å². The Kier molecular flexibility index (Phi) is 6.84. The van der Waals surface area contributed by atoms with Crippen molar-refractivity contribution in [2.45, 2.75) is 6.61 Å². The number of rotatable bonds is 6. The lowest BCUT2D eigenvalue weighted by atomic mass is 10.1. The van der Waals surface area contributed by atoms with Gasteiger partial charge in [-0.2, -0.15) is 0 Å². The van der Waals surface area contributed by atoms with Gasteiger partial charge >= 0.3 is 5.97 Å². The Hall–Kier alpha value is -2.80. The number of halogens is 3. The van der Waals surface area contributed by atoms with Crippen LogP contribution in [0.15, 0.2) is 75.8 Å². The van der Waals surface area contributed by atoms with E-state index >= 15 is 0 Å². The van der Waals surface area contributed by atoms with Gasteiger partial charge in [0.15, 0.2) is 17.2 Å². The van der Waals surface area contributed by atoms with E-state index in [2.05, 4.69) is 20.9 Å². The van der Waals surface area contributed by atoms with E-state index in [0.717, 1.165) is 10.0 Å². The van der Waals surface area contributed by atoms with Gasteiger partial charge < -0.3 is 14.2 Å². The summed E-state index contributed by atoms with van der Waals surface area (Å²) >= 11 is 15.9. The van der Waals surface area contributed by atoms with Gasteiger partial charge in [-0.3, -0.25) is 0 Å². The van der Waals surface area contributed by atoms with Gasteiger partial charge in [0.25, 0.3) is 0 Å². The summed E-state index contributed by atoms with van der Waals surface area (Å²) in [6.07, 6.45) is 1.59. The lowest BCUT2D eigenvalue weighted by Crippen LogP contribution is -2.05. The van der Waals surface area contributed by atoms with E-state index in [1.165, 1.54) is 7.11 Å². The average molecular weight is 533 g/mol. The van der Waals surface area contributed by atoms with Gasteiger partial charge in [-0.25, -0.2) is 9.79 Å². The van der Waals surface area contributed by atoms with Gasteiger partial charge in [0.2, 0.25) is 5.90 Å². The molecular formula is C24H16BrCl2NO4. The summed E-state index contributed by atoms with van der Waals surface area (Å²) in [7, 11) is 1.52. The highest BCUT2D eigenvalue weighted by atomic mass is 79.9. The summed E-state index contributed by atoms with van der Waals surface area (Å²) in [5.74, 6) is 0.510. The quantitative estimate of drug-likeness (QED) is 0.262. The van der Waals surface area contributed by atoms with Crippen LogP contribution in [0, 0.1) is 0 Å². The summed E-state index contributed by atoms with van der Waals surface area (Å²) in [6.45, 7) is 0.268. The third-order valence-electron chi connectivity index (χ3n) is 4.52. The highest BCUT2D eigenvalue weighted by Crippen LogP contribution is 2.38. The molecule has 1 aliphatic rings. The molecule has 0 radical (unpaired) electrons. The van der Waals surface area contributed by atoms with E-state index in [0.29, 0.717) is 32.7 Å². The number of benzene rings is 3. The number of hydrogen-bond donors (Lipinski definition) is 0. The maximum atomic E-state index is 12.3. The van der Waals surface area contributed by atoms with Crippen molar-refractivity contribution in [1.29, 1.82) is 0 Å². The minimum Gasteiger partial charge on any atom is -0.493 e. The first-order valence-corrected chi connectivity index (χ1v) is 11.0. The first-order chi connectivity index (χ1) is 15.4. The second kappa shape index (κ2) is 9.77. The van der Waals surface area contributed by atoms with Gasteiger partial charge in [-0.05, 0) is 59.7 Å². The van der Waals surface area contributed by atoms with Crippen LogP contribution in [0.5, 0.6) is 11.5 Å². The lowest BCUT2D eigenvalue weighted by Gasteiger charge is -2.13. The zero-order valence-electron chi connectivity index (χ0n) is 16.8. The molecule has 0 aliphatic carbocycles. The molecular weight excluding hydrogens is 517 g/mol. The third-order valence-corrected chi connectivity index (χ3v) is 5.53. The maximum Gasteiger partial charge on any atom is 0.363 e. The standard InChI is InChI=1S/C24H16BrCl2NO4/c1-30-21-11-15(9-19(27)22(21)31-13-14-4-2-7-18(26)8-14)10-20-24(29)32-23(28-20)16-5-3-6-17(25)12-16/h2-12H,13H2,1H3/b20-10-. The van der Waals surface area contributed by atoms with Gasteiger partial charge in [-0.1, -0.05) is 57.3 Å². The van der Waals surface area contributed by atoms with E-state index in [9.17, 15) is 4.79 Å². The van der Waals surface area contributed by atoms with E-state index in [4.69, 9.17) is 37.4 Å². The van der Waals surface area contributed by atoms with Crippen LogP contribution in [0.2, 0.25) is 10.0 Å². The molecule has 0 bridgehead atoms. The number of aliphatic imine (C=N–C) groups is 1. The van der Waals surface area contributed by atoms with Gasteiger partial charge in [0.05, 0.1) is 12.1 Å². The second-order valence-electron chi connectivity index (χ2n) is 6.80. The van der Waals surface area contributed by atoms with Crippen molar-refractivity contribution in [2.75, 3.05) is 7.11 Å². The number of methoxy groups -OCH3 is 1. The minimum atomic E-state index is -0.545. The molecule has 0 amide bonds. The summed E-state index contributed by atoms with van der Waals surface area (Å²) in [6, 6.07) is 18.1. The molecule has 1 heterocycles. The van der Waals surface area contributed by atoms with Gasteiger partial charge in [-0.15, -0.1) is 0 Å². The number of nitrogens with zero attached hydrogens (tertiary/aromatic N) is 1. The zero-order valence-corrected chi connectivity index (χ0v) is 19.9. The largest absolute Gasteiger partial charge is 0.493 e. The van der Waals surface area contributed by atoms with Crippen molar-refractivity contribution in [1.82, 2.24) is 0 Å². The molecule has 4 rings (SSSR count). The predicted octanol–water partition coefficient (Wildman–Crippen LogP) is 6.69. The monoisotopic (exact) mass is 531 g/mol. The third kappa shape index (κ3) is 5.15. The first kappa shape index (κ1) is 22.4. The Labute approximate surface area is 203 Å². The van der Waals surface area contributed by atoms with Crippen molar-refractivity contribution in [2.24, 2.45) is 4.99 Å². The first-order valence-electron chi connectivity index (χ1n) is 9.46. The predicted molar refractivity (Wildman–Crippen MR) is 129 cm³/mol. The topological polar surface area (TPSA) is 57.1 Å². The summed E-state index contributed by atoms with van der Waals surface area (Å²) < 4.78 is 17.5. The van der Waals surface area contributed by atoms with Crippen molar-refractivity contribution in [3.63, 3.8) is 0 Å². The normalized spacial score (nSPS) is 14.3. The number of carbonyl (C=O) groups is 1. The van der Waals surface area contributed by atoms with Crippen LogP contribution in [0.3, 0.4) is 0 Å². The van der Waals surface area contributed by atoms with Crippen molar-refractivity contribution < 1.29 is 19.0 Å². The molecule has 0 N–H and O–H groups in total. The van der Waals surface area contributed by atoms with Crippen LogP contribution in [-0.2, 0) is 16.1 Å². The van der Waals surface area contributed by atoms with E-state index < -0.39 is 5.97 Å². The smallest absolute Gasteiger partial charge is 0.363 e. The number of ether oxygens (including phenoxy) is 3. The molecule has 1 aliphatic heterocycles. The Morgan fingerprint density at radius 2 is 1.91 bits per heavy atom. The number of hydrogen-bond acceptors (Lipinski definition) is 5. The molecule has 5 nitrogen and oxygen atoms in total. The highest BCUT2D eigenvalue weighted by molar-refractivity contribution is 9.10. The molecule has 0 saturated carbocycles. The molecule has 0 fully saturated rings. The highest BCUT2D eigenvalue weighted by Gasteiger charge is 2.24. The molecule has 0 aromatic heterocycles. The molecule has 8 heteroatoms. The molecule has 0 saturated heterocycles. The Morgan fingerprint density at radius 3 is 2.66 bits per heavy atom. The van der Waals surface area contributed by atoms with Crippen LogP contribution in [-0.4, -0.2) is 19.0 Å². The van der Waals surface area contributed by atoms with Gasteiger partial charge in [0.1, 0.15) is 6.61 Å². The Balaban J connectivity index is 1.59. The van der Waals surface area contributed by atoms with Crippen molar-refractivity contribution in [3.05, 3.63) is 97.6 Å². The van der Waals surface area contributed by atoms with E-state index in [1.807, 2.05) is 42.5 Å². The minimum absolute atomic E-state index is 0.158. The van der Waals surface area contributed by atoms with Gasteiger partial charge in [0, 0.05) is 15.1 Å². The molecule has 0 spiro atoms. The van der Waals surface area contributed by atoms with Crippen LogP contribution >= 0.6 is 39.1 Å². The molecule has 0 atom stereocenters. The van der Waals surface area contributed by atoms with E-state index in [1.54, 1.807) is 24.3 Å². The SMILES string of the molecule is COc1cc(/C=C2\N=C(c3cccc(Br)c3)OC2=O)cc(Cl)c1OCc1cccc(Cl)c1.